The summed E-state index contributed by atoms with van der Waals surface area (Å²) in [5.41, 5.74) is -1.49. The standard InChI is InChI=1S/C29H27F6N3O/c30-28(31,32)23-15-20(16-24(17-23)29(33,34)35)18-37-13-11-25(12-14-37)38-19-27(36-26(38)39,21-7-3-1-4-8-21)22-9-5-2-6-10-22/h1-10,15-17,25H,11-14,18-19H2,(H,36,39). The maximum absolute atomic E-state index is 13.3. The molecule has 3 aromatic rings. The maximum Gasteiger partial charge on any atom is 0.416 e. The maximum atomic E-state index is 13.3. The van der Waals surface area contributed by atoms with Crippen LogP contribution < -0.4 is 5.32 Å². The van der Waals surface area contributed by atoms with Gasteiger partial charge in [-0.3, -0.25) is 4.90 Å². The second kappa shape index (κ2) is 10.2. The first kappa shape index (κ1) is 27.1. The lowest BCUT2D eigenvalue weighted by molar-refractivity contribution is -0.143. The van der Waals surface area contributed by atoms with Crippen LogP contribution in [-0.2, 0) is 24.4 Å². The molecule has 5 rings (SSSR count). The summed E-state index contributed by atoms with van der Waals surface area (Å²) in [4.78, 5) is 16.9. The molecule has 0 saturated carbocycles. The van der Waals surface area contributed by atoms with Gasteiger partial charge in [0, 0.05) is 25.7 Å². The average Bonchev–Trinajstić information content (AvgIpc) is 3.27. The monoisotopic (exact) mass is 547 g/mol. The zero-order chi connectivity index (χ0) is 27.8. The Morgan fingerprint density at radius 2 is 1.26 bits per heavy atom. The highest BCUT2D eigenvalue weighted by atomic mass is 19.4. The number of halogens is 6. The average molecular weight is 548 g/mol. The zero-order valence-electron chi connectivity index (χ0n) is 20.9. The summed E-state index contributed by atoms with van der Waals surface area (Å²) in [5, 5.41) is 3.20. The molecule has 0 spiro atoms. The van der Waals surface area contributed by atoms with E-state index >= 15 is 0 Å². The number of alkyl halides is 6. The van der Waals surface area contributed by atoms with Crippen LogP contribution in [0.1, 0.15) is 40.7 Å². The van der Waals surface area contributed by atoms with Gasteiger partial charge in [-0.15, -0.1) is 0 Å². The number of piperidine rings is 1. The first-order valence-corrected chi connectivity index (χ1v) is 12.7. The molecule has 0 unspecified atom stereocenters. The van der Waals surface area contributed by atoms with Gasteiger partial charge in [-0.25, -0.2) is 4.79 Å². The van der Waals surface area contributed by atoms with E-state index in [0.29, 0.717) is 32.5 Å². The number of rotatable bonds is 5. The number of carbonyl (C=O) groups is 1. The zero-order valence-corrected chi connectivity index (χ0v) is 20.9. The van der Waals surface area contributed by atoms with E-state index in [1.165, 1.54) is 0 Å². The van der Waals surface area contributed by atoms with Gasteiger partial charge >= 0.3 is 18.4 Å². The predicted molar refractivity (Wildman–Crippen MR) is 134 cm³/mol. The van der Waals surface area contributed by atoms with Crippen LogP contribution in [0.25, 0.3) is 0 Å². The molecule has 2 aliphatic rings. The Labute approximate surface area is 222 Å². The Bertz CT molecular complexity index is 1230. The molecule has 0 aliphatic carbocycles. The Kier molecular flexibility index (Phi) is 7.09. The van der Waals surface area contributed by atoms with Crippen LogP contribution in [0.5, 0.6) is 0 Å². The molecule has 3 aromatic carbocycles. The minimum absolute atomic E-state index is 0.0378. The number of carbonyl (C=O) groups excluding carboxylic acids is 1. The summed E-state index contributed by atoms with van der Waals surface area (Å²) < 4.78 is 79.6. The minimum Gasteiger partial charge on any atom is -0.323 e. The van der Waals surface area contributed by atoms with Crippen molar-refractivity contribution in [1.82, 2.24) is 15.1 Å². The van der Waals surface area contributed by atoms with Crippen molar-refractivity contribution >= 4 is 6.03 Å². The largest absolute Gasteiger partial charge is 0.416 e. The van der Waals surface area contributed by atoms with Crippen molar-refractivity contribution in [2.75, 3.05) is 19.6 Å². The molecule has 2 fully saturated rings. The fraction of sp³-hybridized carbons (Fsp3) is 0.345. The smallest absolute Gasteiger partial charge is 0.323 e. The predicted octanol–water partition coefficient (Wildman–Crippen LogP) is 6.66. The lowest BCUT2D eigenvalue weighted by Crippen LogP contribution is -2.46. The summed E-state index contributed by atoms with van der Waals surface area (Å²) in [6, 6.07) is 20.8. The van der Waals surface area contributed by atoms with Crippen LogP contribution in [0.2, 0.25) is 0 Å². The molecule has 0 atom stereocenters. The molecule has 2 amide bonds. The van der Waals surface area contributed by atoms with Gasteiger partial charge < -0.3 is 10.2 Å². The fourth-order valence-electron chi connectivity index (χ4n) is 5.61. The van der Waals surface area contributed by atoms with Crippen molar-refractivity contribution in [3.63, 3.8) is 0 Å². The van der Waals surface area contributed by atoms with Crippen LogP contribution in [-0.4, -0.2) is 41.5 Å². The molecule has 2 aliphatic heterocycles. The summed E-state index contributed by atoms with van der Waals surface area (Å²) in [6.45, 7) is 1.25. The van der Waals surface area contributed by atoms with E-state index in [2.05, 4.69) is 5.32 Å². The fourth-order valence-corrected chi connectivity index (χ4v) is 5.61. The molecule has 0 radical (unpaired) electrons. The summed E-state index contributed by atoms with van der Waals surface area (Å²) in [5.74, 6) is 0. The van der Waals surface area contributed by atoms with Crippen molar-refractivity contribution in [2.45, 2.75) is 43.3 Å². The number of benzene rings is 3. The van der Waals surface area contributed by atoms with Gasteiger partial charge in [0.05, 0.1) is 17.7 Å². The van der Waals surface area contributed by atoms with Crippen LogP contribution in [0, 0.1) is 0 Å². The van der Waals surface area contributed by atoms with Crippen molar-refractivity contribution in [1.29, 1.82) is 0 Å². The summed E-state index contributed by atoms with van der Waals surface area (Å²) in [7, 11) is 0. The third-order valence-electron chi connectivity index (χ3n) is 7.57. The van der Waals surface area contributed by atoms with Crippen LogP contribution in [0.4, 0.5) is 31.1 Å². The van der Waals surface area contributed by atoms with Gasteiger partial charge in [0.2, 0.25) is 0 Å². The van der Waals surface area contributed by atoms with E-state index in [-0.39, 0.29) is 30.2 Å². The Hall–Kier alpha value is -3.53. The highest BCUT2D eigenvalue weighted by Crippen LogP contribution is 2.38. The second-order valence-electron chi connectivity index (χ2n) is 10.1. The lowest BCUT2D eigenvalue weighted by atomic mass is 9.83. The van der Waals surface area contributed by atoms with E-state index in [9.17, 15) is 31.1 Å². The van der Waals surface area contributed by atoms with Crippen LogP contribution in [0.15, 0.2) is 78.9 Å². The normalized spacial score (nSPS) is 18.8. The summed E-state index contributed by atoms with van der Waals surface area (Å²) >= 11 is 0. The number of nitrogens with one attached hydrogen (secondary N) is 1. The molecular formula is C29H27F6N3O. The highest BCUT2D eigenvalue weighted by molar-refractivity contribution is 5.80. The number of nitrogens with zero attached hydrogens (tertiary/aromatic N) is 2. The van der Waals surface area contributed by atoms with E-state index < -0.39 is 29.0 Å². The topological polar surface area (TPSA) is 35.6 Å². The summed E-state index contributed by atoms with van der Waals surface area (Å²) in [6.07, 6.45) is -8.65. The number of hydrogen-bond donors (Lipinski definition) is 1. The first-order valence-electron chi connectivity index (χ1n) is 12.7. The molecule has 2 heterocycles. The molecule has 39 heavy (non-hydrogen) atoms. The number of hydrogen-bond acceptors (Lipinski definition) is 2. The van der Waals surface area contributed by atoms with Crippen molar-refractivity contribution < 1.29 is 31.1 Å². The molecule has 0 bridgehead atoms. The van der Waals surface area contributed by atoms with Gasteiger partial charge in [0.15, 0.2) is 0 Å². The van der Waals surface area contributed by atoms with Gasteiger partial charge in [-0.05, 0) is 47.7 Å². The molecule has 10 heteroatoms. The SMILES string of the molecule is O=C1NC(c2ccccc2)(c2ccccc2)CN1C1CCN(Cc2cc(C(F)(F)F)cc(C(F)(F)F)c2)CC1. The third kappa shape index (κ3) is 5.61. The Morgan fingerprint density at radius 1 is 0.769 bits per heavy atom. The lowest BCUT2D eigenvalue weighted by Gasteiger charge is -2.37. The minimum atomic E-state index is -4.88. The molecular weight excluding hydrogens is 520 g/mol. The van der Waals surface area contributed by atoms with Gasteiger partial charge in [0.1, 0.15) is 5.54 Å². The second-order valence-corrected chi connectivity index (χ2v) is 10.1. The highest BCUT2D eigenvalue weighted by Gasteiger charge is 2.47. The first-order chi connectivity index (χ1) is 18.5. The van der Waals surface area contributed by atoms with Crippen LogP contribution in [0.3, 0.4) is 0 Å². The molecule has 1 N–H and O–H groups in total. The number of urea groups is 1. The number of likely N-dealkylation sites (tertiary alicyclic amines) is 1. The Balaban J connectivity index is 1.31. The molecule has 0 aromatic heterocycles. The van der Waals surface area contributed by atoms with E-state index in [4.69, 9.17) is 0 Å². The van der Waals surface area contributed by atoms with Gasteiger partial charge in [-0.2, -0.15) is 26.3 Å². The van der Waals surface area contributed by atoms with Crippen molar-refractivity contribution in [2.24, 2.45) is 0 Å². The van der Waals surface area contributed by atoms with E-state index in [0.717, 1.165) is 23.3 Å². The number of amides is 2. The van der Waals surface area contributed by atoms with Crippen LogP contribution >= 0.6 is 0 Å². The van der Waals surface area contributed by atoms with Gasteiger partial charge in [-0.1, -0.05) is 60.7 Å². The third-order valence-corrected chi connectivity index (χ3v) is 7.57. The van der Waals surface area contributed by atoms with E-state index in [1.54, 1.807) is 0 Å². The Morgan fingerprint density at radius 3 is 1.72 bits per heavy atom. The quantitative estimate of drug-likeness (QED) is 0.363. The molecule has 4 nitrogen and oxygen atoms in total. The van der Waals surface area contributed by atoms with Crippen molar-refractivity contribution in [3.05, 3.63) is 107 Å². The van der Waals surface area contributed by atoms with Crippen molar-refractivity contribution in [3.8, 4) is 0 Å². The molecule has 2 saturated heterocycles. The van der Waals surface area contributed by atoms with E-state index in [1.807, 2.05) is 70.5 Å². The molecule has 206 valence electrons. The van der Waals surface area contributed by atoms with Gasteiger partial charge in [0.25, 0.3) is 0 Å².